The molecule has 0 bridgehead atoms. The van der Waals surface area contributed by atoms with Crippen molar-refractivity contribution in [3.05, 3.63) is 0 Å². The molecule has 2 N–H and O–H groups in total. The van der Waals surface area contributed by atoms with E-state index in [0.29, 0.717) is 13.0 Å². The lowest BCUT2D eigenvalue weighted by Crippen LogP contribution is -2.54. The topological polar surface area (TPSA) is 69.6 Å². The molecule has 1 aliphatic carbocycles. The number of piperidine rings is 1. The maximum atomic E-state index is 11.9. The van der Waals surface area contributed by atoms with Crippen LogP contribution in [0.1, 0.15) is 38.5 Å². The van der Waals surface area contributed by atoms with E-state index in [1.165, 1.54) is 4.90 Å². The Labute approximate surface area is 94.8 Å². The van der Waals surface area contributed by atoms with Crippen LogP contribution < -0.4 is 5.32 Å². The fourth-order valence-corrected chi connectivity index (χ4v) is 2.24. The van der Waals surface area contributed by atoms with Crippen molar-refractivity contribution in [2.75, 3.05) is 6.54 Å². The first kappa shape index (κ1) is 11.2. The minimum Gasteiger partial charge on any atom is -0.480 e. The number of carboxylic acids is 1. The number of carbonyl (C=O) groups is 2. The molecule has 1 heterocycles. The van der Waals surface area contributed by atoms with Crippen LogP contribution in [0.5, 0.6) is 0 Å². The molecular weight excluding hydrogens is 208 g/mol. The Hall–Kier alpha value is -1.26. The van der Waals surface area contributed by atoms with Crippen LogP contribution in [0.25, 0.3) is 0 Å². The Balaban J connectivity index is 1.93. The highest BCUT2D eigenvalue weighted by atomic mass is 16.4. The van der Waals surface area contributed by atoms with Crippen LogP contribution in [0.15, 0.2) is 0 Å². The number of hydrogen-bond donors (Lipinski definition) is 2. The summed E-state index contributed by atoms with van der Waals surface area (Å²) in [6.07, 6.45) is 5.58. The third kappa shape index (κ3) is 2.28. The summed E-state index contributed by atoms with van der Waals surface area (Å²) in [6.45, 7) is 0.565. The zero-order valence-electron chi connectivity index (χ0n) is 9.32. The van der Waals surface area contributed by atoms with Crippen molar-refractivity contribution in [3.63, 3.8) is 0 Å². The molecule has 2 amide bonds. The number of carboxylic acid groups (broad SMARTS) is 1. The van der Waals surface area contributed by atoms with Crippen LogP contribution in [0.4, 0.5) is 4.79 Å². The van der Waals surface area contributed by atoms with Gasteiger partial charge in [-0.05, 0) is 38.5 Å². The summed E-state index contributed by atoms with van der Waals surface area (Å²) in [6, 6.07) is -0.561. The van der Waals surface area contributed by atoms with Gasteiger partial charge in [-0.3, -0.25) is 0 Å². The van der Waals surface area contributed by atoms with Crippen LogP contribution >= 0.6 is 0 Å². The second-order valence-corrected chi connectivity index (χ2v) is 4.62. The van der Waals surface area contributed by atoms with Crippen LogP contribution in [0, 0.1) is 0 Å². The van der Waals surface area contributed by atoms with Gasteiger partial charge in [0.2, 0.25) is 0 Å². The fraction of sp³-hybridized carbons (Fsp3) is 0.818. The predicted molar refractivity (Wildman–Crippen MR) is 58.2 cm³/mol. The average molecular weight is 226 g/mol. The molecule has 0 unspecified atom stereocenters. The molecule has 0 spiro atoms. The molecule has 2 aliphatic rings. The number of nitrogens with zero attached hydrogens (tertiary/aromatic N) is 1. The first-order valence-electron chi connectivity index (χ1n) is 5.98. The number of hydrogen-bond acceptors (Lipinski definition) is 2. The highest BCUT2D eigenvalue weighted by Crippen LogP contribution is 2.21. The second kappa shape index (κ2) is 4.72. The van der Waals surface area contributed by atoms with Crippen molar-refractivity contribution in [2.45, 2.75) is 50.6 Å². The van der Waals surface area contributed by atoms with Gasteiger partial charge in [-0.1, -0.05) is 0 Å². The van der Waals surface area contributed by atoms with Crippen molar-refractivity contribution in [1.29, 1.82) is 0 Å². The molecule has 16 heavy (non-hydrogen) atoms. The Bertz CT molecular complexity index is 289. The predicted octanol–water partition coefficient (Wildman–Crippen LogP) is 1.19. The zero-order chi connectivity index (χ0) is 11.5. The molecular formula is C11H18N2O3. The molecule has 1 aliphatic heterocycles. The zero-order valence-corrected chi connectivity index (χ0v) is 9.32. The van der Waals surface area contributed by atoms with Gasteiger partial charge < -0.3 is 15.3 Å². The van der Waals surface area contributed by atoms with Crippen molar-refractivity contribution in [2.24, 2.45) is 0 Å². The van der Waals surface area contributed by atoms with Gasteiger partial charge in [-0.25, -0.2) is 9.59 Å². The Morgan fingerprint density at radius 3 is 2.44 bits per heavy atom. The lowest BCUT2D eigenvalue weighted by Gasteiger charge is -2.36. The molecule has 2 rings (SSSR count). The van der Waals surface area contributed by atoms with E-state index >= 15 is 0 Å². The first-order valence-corrected chi connectivity index (χ1v) is 5.98. The van der Waals surface area contributed by atoms with Gasteiger partial charge in [-0.15, -0.1) is 0 Å². The molecule has 1 atom stereocenters. The molecule has 1 saturated carbocycles. The number of amides is 2. The van der Waals surface area contributed by atoms with Crippen LogP contribution in [0.2, 0.25) is 0 Å². The van der Waals surface area contributed by atoms with Crippen molar-refractivity contribution in [3.8, 4) is 0 Å². The number of rotatable bonds is 2. The minimum atomic E-state index is -0.886. The molecule has 0 aromatic rings. The highest BCUT2D eigenvalue weighted by Gasteiger charge is 2.33. The number of likely N-dealkylation sites (tertiary alicyclic amines) is 1. The minimum absolute atomic E-state index is 0.197. The van der Waals surface area contributed by atoms with Crippen LogP contribution in [-0.4, -0.2) is 40.6 Å². The third-order valence-electron chi connectivity index (χ3n) is 3.48. The molecule has 0 radical (unpaired) electrons. The molecule has 0 aromatic carbocycles. The molecule has 90 valence electrons. The summed E-state index contributed by atoms with van der Waals surface area (Å²) in [5, 5.41) is 11.9. The normalized spacial score (nSPS) is 26.0. The first-order chi connectivity index (χ1) is 7.68. The third-order valence-corrected chi connectivity index (χ3v) is 3.48. The molecule has 1 saturated heterocycles. The van der Waals surface area contributed by atoms with E-state index in [4.69, 9.17) is 5.11 Å². The number of urea groups is 1. The average Bonchev–Trinajstić information content (AvgIpc) is 2.23. The lowest BCUT2D eigenvalue weighted by molar-refractivity contribution is -0.143. The number of nitrogens with one attached hydrogen (secondary N) is 1. The monoisotopic (exact) mass is 226 g/mol. The smallest absolute Gasteiger partial charge is 0.326 e. The maximum Gasteiger partial charge on any atom is 0.326 e. The standard InChI is InChI=1S/C11H18N2O3/c14-10(15)9-6-1-2-7-13(9)11(16)12-8-4-3-5-8/h8-9H,1-7H2,(H,12,16)(H,14,15)/t9-/m0/s1. The quantitative estimate of drug-likeness (QED) is 0.743. The number of carbonyl (C=O) groups excluding carboxylic acids is 1. The van der Waals surface area contributed by atoms with Crippen LogP contribution in [0.3, 0.4) is 0 Å². The molecule has 5 heteroatoms. The van der Waals surface area contributed by atoms with Gasteiger partial charge in [0.25, 0.3) is 0 Å². The highest BCUT2D eigenvalue weighted by molar-refractivity contribution is 5.83. The van der Waals surface area contributed by atoms with Gasteiger partial charge in [0, 0.05) is 12.6 Å². The molecule has 2 fully saturated rings. The largest absolute Gasteiger partial charge is 0.480 e. The summed E-state index contributed by atoms with van der Waals surface area (Å²) in [5.41, 5.74) is 0. The Kier molecular flexibility index (Phi) is 3.31. The maximum absolute atomic E-state index is 11.9. The van der Waals surface area contributed by atoms with Crippen molar-refractivity contribution >= 4 is 12.0 Å². The summed E-state index contributed by atoms with van der Waals surface area (Å²) in [5.74, 6) is -0.886. The Morgan fingerprint density at radius 2 is 1.88 bits per heavy atom. The van der Waals surface area contributed by atoms with E-state index in [1.807, 2.05) is 0 Å². The van der Waals surface area contributed by atoms with Gasteiger partial charge >= 0.3 is 12.0 Å². The second-order valence-electron chi connectivity index (χ2n) is 4.62. The Morgan fingerprint density at radius 1 is 1.12 bits per heavy atom. The van der Waals surface area contributed by atoms with E-state index < -0.39 is 12.0 Å². The molecule has 0 aromatic heterocycles. The van der Waals surface area contributed by atoms with Gasteiger partial charge in [0.15, 0.2) is 0 Å². The fourth-order valence-electron chi connectivity index (χ4n) is 2.24. The van der Waals surface area contributed by atoms with E-state index in [2.05, 4.69) is 5.32 Å². The van der Waals surface area contributed by atoms with E-state index in [9.17, 15) is 9.59 Å². The van der Waals surface area contributed by atoms with Crippen molar-refractivity contribution < 1.29 is 14.7 Å². The lowest BCUT2D eigenvalue weighted by atomic mass is 9.93. The summed E-state index contributed by atoms with van der Waals surface area (Å²) >= 11 is 0. The van der Waals surface area contributed by atoms with E-state index in [0.717, 1.165) is 32.1 Å². The summed E-state index contributed by atoms with van der Waals surface area (Å²) in [4.78, 5) is 24.4. The van der Waals surface area contributed by atoms with E-state index in [-0.39, 0.29) is 12.1 Å². The summed E-state index contributed by atoms with van der Waals surface area (Å²) in [7, 11) is 0. The van der Waals surface area contributed by atoms with Crippen LogP contribution in [-0.2, 0) is 4.79 Å². The van der Waals surface area contributed by atoms with Gasteiger partial charge in [0.05, 0.1) is 0 Å². The number of aliphatic carboxylic acids is 1. The SMILES string of the molecule is O=C(O)[C@@H]1CCCCN1C(=O)NC1CCC1. The van der Waals surface area contributed by atoms with Gasteiger partial charge in [0.1, 0.15) is 6.04 Å². The van der Waals surface area contributed by atoms with Gasteiger partial charge in [-0.2, -0.15) is 0 Å². The van der Waals surface area contributed by atoms with Crippen molar-refractivity contribution in [1.82, 2.24) is 10.2 Å². The summed E-state index contributed by atoms with van der Waals surface area (Å²) < 4.78 is 0. The van der Waals surface area contributed by atoms with E-state index in [1.54, 1.807) is 0 Å². The molecule has 5 nitrogen and oxygen atoms in total.